The van der Waals surface area contributed by atoms with Crippen molar-refractivity contribution < 1.29 is 4.79 Å². The molecule has 3 aromatic rings. The number of hydrogen-bond acceptors (Lipinski definition) is 6. The first-order valence-electron chi connectivity index (χ1n) is 8.24. The lowest BCUT2D eigenvalue weighted by Crippen LogP contribution is -2.32. The lowest BCUT2D eigenvalue weighted by atomic mass is 10.3. The van der Waals surface area contributed by atoms with Gasteiger partial charge in [0.1, 0.15) is 23.8 Å². The number of amides is 2. The summed E-state index contributed by atoms with van der Waals surface area (Å²) >= 11 is 6.00. The molecular weight excluding hydrogens is 366 g/mol. The summed E-state index contributed by atoms with van der Waals surface area (Å²) in [7, 11) is 0. The molecule has 0 unspecified atom stereocenters. The van der Waals surface area contributed by atoms with E-state index in [1.54, 1.807) is 36.5 Å². The number of aromatic nitrogens is 3. The minimum atomic E-state index is -0.329. The van der Waals surface area contributed by atoms with E-state index in [-0.39, 0.29) is 6.03 Å². The Labute approximate surface area is 161 Å². The van der Waals surface area contributed by atoms with Gasteiger partial charge in [-0.2, -0.15) is 0 Å². The number of benzene rings is 1. The largest absolute Gasteiger partial charge is 0.368 e. The van der Waals surface area contributed by atoms with Crippen LogP contribution in [-0.4, -0.2) is 34.1 Å². The molecule has 2 amide bonds. The quantitative estimate of drug-likeness (QED) is 0.465. The Hall–Kier alpha value is -3.39. The minimum absolute atomic E-state index is 0.329. The van der Waals surface area contributed by atoms with Crippen molar-refractivity contribution in [1.82, 2.24) is 20.3 Å². The standard InChI is InChI=1S/C18H18ClN7O/c19-13-5-1-2-6-14(13)25-18(27)22-10-9-21-16-11-17(24-12-23-16)26-15-7-3-4-8-20-15/h1-8,11-12H,9-10H2,(H2,22,25,27)(H2,20,21,23,24,26). The molecule has 0 fully saturated rings. The van der Waals surface area contributed by atoms with Crippen LogP contribution < -0.4 is 21.3 Å². The van der Waals surface area contributed by atoms with Crippen LogP contribution >= 0.6 is 11.6 Å². The number of anilines is 4. The average molecular weight is 384 g/mol. The number of carbonyl (C=O) groups excluding carboxylic acids is 1. The predicted octanol–water partition coefficient (Wildman–Crippen LogP) is 3.50. The Morgan fingerprint density at radius 3 is 2.56 bits per heavy atom. The van der Waals surface area contributed by atoms with Gasteiger partial charge >= 0.3 is 6.03 Å². The van der Waals surface area contributed by atoms with Gasteiger partial charge in [-0.05, 0) is 24.3 Å². The van der Waals surface area contributed by atoms with Gasteiger partial charge in [0, 0.05) is 25.4 Å². The molecule has 0 aliphatic heterocycles. The van der Waals surface area contributed by atoms with E-state index in [1.165, 1.54) is 6.33 Å². The van der Waals surface area contributed by atoms with Crippen LogP contribution in [0.3, 0.4) is 0 Å². The summed E-state index contributed by atoms with van der Waals surface area (Å²) in [4.78, 5) is 24.4. The highest BCUT2D eigenvalue weighted by Gasteiger charge is 2.04. The monoisotopic (exact) mass is 383 g/mol. The SMILES string of the molecule is O=C(NCCNc1cc(Nc2ccccn2)ncn1)Nc1ccccc1Cl. The second kappa shape index (κ2) is 9.35. The number of rotatable bonds is 7. The summed E-state index contributed by atoms with van der Waals surface area (Å²) in [5.74, 6) is 1.95. The van der Waals surface area contributed by atoms with Gasteiger partial charge in [-0.15, -0.1) is 0 Å². The summed E-state index contributed by atoms with van der Waals surface area (Å²) in [6.07, 6.45) is 3.15. The normalized spacial score (nSPS) is 10.1. The van der Waals surface area contributed by atoms with Crippen molar-refractivity contribution in [2.45, 2.75) is 0 Å². The van der Waals surface area contributed by atoms with Crippen LogP contribution in [0.1, 0.15) is 0 Å². The van der Waals surface area contributed by atoms with E-state index in [2.05, 4.69) is 36.2 Å². The molecule has 4 N–H and O–H groups in total. The Kier molecular flexibility index (Phi) is 6.37. The van der Waals surface area contributed by atoms with E-state index in [0.29, 0.717) is 41.3 Å². The summed E-state index contributed by atoms with van der Waals surface area (Å²) in [5.41, 5.74) is 0.561. The van der Waals surface area contributed by atoms with E-state index in [9.17, 15) is 4.79 Å². The van der Waals surface area contributed by atoms with Gasteiger partial charge < -0.3 is 21.3 Å². The molecule has 0 aliphatic rings. The van der Waals surface area contributed by atoms with Gasteiger partial charge in [-0.25, -0.2) is 19.7 Å². The van der Waals surface area contributed by atoms with E-state index < -0.39 is 0 Å². The van der Waals surface area contributed by atoms with Crippen LogP contribution in [-0.2, 0) is 0 Å². The fraction of sp³-hybridized carbons (Fsp3) is 0.111. The van der Waals surface area contributed by atoms with Crippen LogP contribution in [0.2, 0.25) is 5.02 Å². The molecule has 0 atom stereocenters. The van der Waals surface area contributed by atoms with Gasteiger partial charge in [-0.1, -0.05) is 29.8 Å². The molecule has 0 saturated carbocycles. The topological polar surface area (TPSA) is 104 Å². The fourth-order valence-corrected chi connectivity index (χ4v) is 2.37. The second-order valence-corrected chi connectivity index (χ2v) is 5.82. The number of nitrogens with zero attached hydrogens (tertiary/aromatic N) is 3. The van der Waals surface area contributed by atoms with Crippen molar-refractivity contribution >= 4 is 40.8 Å². The minimum Gasteiger partial charge on any atom is -0.368 e. The third-order valence-corrected chi connectivity index (χ3v) is 3.76. The van der Waals surface area contributed by atoms with Gasteiger partial charge in [0.05, 0.1) is 10.7 Å². The molecule has 27 heavy (non-hydrogen) atoms. The Balaban J connectivity index is 1.43. The van der Waals surface area contributed by atoms with Crippen LogP contribution in [0.4, 0.5) is 27.9 Å². The van der Waals surface area contributed by atoms with Crippen molar-refractivity contribution in [1.29, 1.82) is 0 Å². The Morgan fingerprint density at radius 1 is 0.926 bits per heavy atom. The Morgan fingerprint density at radius 2 is 1.74 bits per heavy atom. The zero-order valence-electron chi connectivity index (χ0n) is 14.3. The summed E-state index contributed by atoms with van der Waals surface area (Å²) in [6.45, 7) is 0.902. The molecule has 0 aliphatic carbocycles. The van der Waals surface area contributed by atoms with Crippen LogP contribution in [0.25, 0.3) is 0 Å². The molecule has 3 rings (SSSR count). The molecule has 8 nitrogen and oxygen atoms in total. The van der Waals surface area contributed by atoms with E-state index in [1.807, 2.05) is 18.2 Å². The number of carbonyl (C=O) groups is 1. The molecule has 9 heteroatoms. The molecule has 0 radical (unpaired) electrons. The highest BCUT2D eigenvalue weighted by atomic mass is 35.5. The van der Waals surface area contributed by atoms with Crippen LogP contribution in [0.5, 0.6) is 0 Å². The van der Waals surface area contributed by atoms with Gasteiger partial charge in [0.2, 0.25) is 0 Å². The van der Waals surface area contributed by atoms with E-state index in [4.69, 9.17) is 11.6 Å². The second-order valence-electron chi connectivity index (χ2n) is 5.42. The highest BCUT2D eigenvalue weighted by molar-refractivity contribution is 6.33. The molecule has 2 heterocycles. The van der Waals surface area contributed by atoms with Crippen molar-refractivity contribution in [2.24, 2.45) is 0 Å². The maximum absolute atomic E-state index is 11.9. The first kappa shape index (κ1) is 18.4. The maximum Gasteiger partial charge on any atom is 0.319 e. The number of pyridine rings is 1. The van der Waals surface area contributed by atoms with E-state index in [0.717, 1.165) is 0 Å². The van der Waals surface area contributed by atoms with Crippen molar-refractivity contribution in [3.8, 4) is 0 Å². The lowest BCUT2D eigenvalue weighted by Gasteiger charge is -2.10. The number of para-hydroxylation sites is 1. The smallest absolute Gasteiger partial charge is 0.319 e. The number of nitrogens with one attached hydrogen (secondary N) is 4. The molecule has 2 aromatic heterocycles. The van der Waals surface area contributed by atoms with Gasteiger partial charge in [0.25, 0.3) is 0 Å². The van der Waals surface area contributed by atoms with Crippen LogP contribution in [0, 0.1) is 0 Å². The predicted molar refractivity (Wildman–Crippen MR) is 107 cm³/mol. The summed E-state index contributed by atoms with van der Waals surface area (Å²) < 4.78 is 0. The Bertz CT molecular complexity index is 892. The maximum atomic E-state index is 11.9. The zero-order chi connectivity index (χ0) is 18.9. The average Bonchev–Trinajstić information content (AvgIpc) is 2.68. The third kappa shape index (κ3) is 5.82. The number of hydrogen-bond donors (Lipinski definition) is 4. The fourth-order valence-electron chi connectivity index (χ4n) is 2.19. The number of urea groups is 1. The lowest BCUT2D eigenvalue weighted by molar-refractivity contribution is 0.252. The van der Waals surface area contributed by atoms with Gasteiger partial charge in [0.15, 0.2) is 0 Å². The molecule has 1 aromatic carbocycles. The van der Waals surface area contributed by atoms with Gasteiger partial charge in [-0.3, -0.25) is 0 Å². The number of halogens is 1. The van der Waals surface area contributed by atoms with Crippen molar-refractivity contribution in [3.63, 3.8) is 0 Å². The molecular formula is C18H18ClN7O. The first-order chi connectivity index (χ1) is 13.2. The molecule has 0 bridgehead atoms. The molecule has 0 saturated heterocycles. The summed E-state index contributed by atoms with van der Waals surface area (Å²) in [6, 6.07) is 14.0. The van der Waals surface area contributed by atoms with Crippen LogP contribution in [0.15, 0.2) is 61.1 Å². The summed E-state index contributed by atoms with van der Waals surface area (Å²) in [5, 5.41) is 12.1. The van der Waals surface area contributed by atoms with E-state index >= 15 is 0 Å². The first-order valence-corrected chi connectivity index (χ1v) is 8.62. The molecule has 0 spiro atoms. The highest BCUT2D eigenvalue weighted by Crippen LogP contribution is 2.20. The third-order valence-electron chi connectivity index (χ3n) is 3.43. The van der Waals surface area contributed by atoms with Crippen molar-refractivity contribution in [3.05, 3.63) is 66.1 Å². The zero-order valence-corrected chi connectivity index (χ0v) is 15.1. The van der Waals surface area contributed by atoms with Crippen molar-refractivity contribution in [2.75, 3.05) is 29.0 Å². The molecule has 138 valence electrons.